The Balaban J connectivity index is 1.64. The lowest BCUT2D eigenvalue weighted by atomic mass is 10.1. The number of rotatable bonds is 1. The van der Waals surface area contributed by atoms with Gasteiger partial charge in [-0.3, -0.25) is 14.5 Å². The number of carbonyl (C=O) groups is 2. The van der Waals surface area contributed by atoms with Crippen LogP contribution in [0, 0.1) is 0 Å². The van der Waals surface area contributed by atoms with E-state index in [1.807, 2.05) is 4.90 Å². The average Bonchev–Trinajstić information content (AvgIpc) is 2.86. The van der Waals surface area contributed by atoms with E-state index in [1.165, 1.54) is 0 Å². The molecular weight excluding hydrogens is 204 g/mol. The van der Waals surface area contributed by atoms with Crippen molar-refractivity contribution < 1.29 is 9.59 Å². The van der Waals surface area contributed by atoms with Crippen molar-refractivity contribution in [1.29, 1.82) is 0 Å². The van der Waals surface area contributed by atoms with Gasteiger partial charge in [0.1, 0.15) is 5.78 Å². The number of fused-ring (bicyclic) bond motifs is 1. The van der Waals surface area contributed by atoms with Gasteiger partial charge in [-0.1, -0.05) is 0 Å². The second kappa shape index (κ2) is 3.84. The van der Waals surface area contributed by atoms with Gasteiger partial charge in [0.05, 0.1) is 0 Å². The normalized spacial score (nSPS) is 35.9. The summed E-state index contributed by atoms with van der Waals surface area (Å²) in [5, 5.41) is 0. The summed E-state index contributed by atoms with van der Waals surface area (Å²) in [5.74, 6) is 0.738. The van der Waals surface area contributed by atoms with E-state index < -0.39 is 0 Å². The lowest BCUT2D eigenvalue weighted by Gasteiger charge is -2.40. The highest BCUT2D eigenvalue weighted by molar-refractivity contribution is 5.81. The van der Waals surface area contributed by atoms with Crippen LogP contribution in [-0.2, 0) is 9.59 Å². The van der Waals surface area contributed by atoms with Crippen LogP contribution in [0.5, 0.6) is 0 Å². The van der Waals surface area contributed by atoms with Crippen LogP contribution in [0.3, 0.4) is 0 Å². The quantitative estimate of drug-likeness (QED) is 0.645. The summed E-state index contributed by atoms with van der Waals surface area (Å²) in [6.07, 6.45) is 4.26. The van der Waals surface area contributed by atoms with E-state index in [1.54, 1.807) is 0 Å². The third-order valence-corrected chi connectivity index (χ3v) is 4.26. The minimum atomic E-state index is 0.326. The van der Waals surface area contributed by atoms with Crippen LogP contribution in [0.4, 0.5) is 0 Å². The number of hydrogen-bond acceptors (Lipinski definition) is 3. The van der Waals surface area contributed by atoms with Crippen LogP contribution in [-0.4, -0.2) is 53.2 Å². The second-order valence-electron chi connectivity index (χ2n) is 5.21. The zero-order valence-corrected chi connectivity index (χ0v) is 9.52. The van der Waals surface area contributed by atoms with E-state index in [2.05, 4.69) is 4.90 Å². The number of carbonyl (C=O) groups excluding carboxylic acids is 2. The smallest absolute Gasteiger partial charge is 0.222 e. The summed E-state index contributed by atoms with van der Waals surface area (Å²) in [4.78, 5) is 27.3. The van der Waals surface area contributed by atoms with Crippen molar-refractivity contribution in [2.45, 2.75) is 44.2 Å². The number of amides is 1. The molecule has 1 amide bonds. The molecule has 2 heterocycles. The molecule has 1 saturated carbocycles. The third kappa shape index (κ3) is 1.65. The molecule has 3 fully saturated rings. The van der Waals surface area contributed by atoms with Crippen molar-refractivity contribution in [1.82, 2.24) is 9.80 Å². The Morgan fingerprint density at radius 1 is 1.00 bits per heavy atom. The molecule has 0 N–H and O–H groups in total. The highest BCUT2D eigenvalue weighted by atomic mass is 16.2. The molecule has 4 nitrogen and oxygen atoms in total. The van der Waals surface area contributed by atoms with Gasteiger partial charge >= 0.3 is 0 Å². The van der Waals surface area contributed by atoms with Crippen molar-refractivity contribution in [2.24, 2.45) is 0 Å². The van der Waals surface area contributed by atoms with Crippen molar-refractivity contribution in [3.05, 3.63) is 0 Å². The molecular formula is C12H18N2O2. The van der Waals surface area contributed by atoms with Crippen LogP contribution in [0.2, 0.25) is 0 Å². The first-order chi connectivity index (χ1) is 7.74. The number of Topliss-reactive ketones (excluding diaryl/α,β-unsaturated/α-hetero) is 1. The summed E-state index contributed by atoms with van der Waals surface area (Å²) >= 11 is 0. The molecule has 0 aromatic carbocycles. The first-order valence-electron chi connectivity index (χ1n) is 6.29. The SMILES string of the molecule is O=C1CCC(N2CCN3C(=O)CCC3C2)C1. The summed E-state index contributed by atoms with van der Waals surface area (Å²) in [5.41, 5.74) is 0. The molecule has 0 aromatic rings. The Bertz CT molecular complexity index is 329. The molecule has 2 saturated heterocycles. The molecule has 4 heteroatoms. The largest absolute Gasteiger partial charge is 0.337 e. The number of nitrogens with zero attached hydrogens (tertiary/aromatic N) is 2. The Morgan fingerprint density at radius 3 is 2.56 bits per heavy atom. The molecule has 1 aliphatic carbocycles. The molecule has 2 atom stereocenters. The molecule has 0 bridgehead atoms. The van der Waals surface area contributed by atoms with Gasteiger partial charge in [0.25, 0.3) is 0 Å². The van der Waals surface area contributed by atoms with Crippen LogP contribution in [0.15, 0.2) is 0 Å². The maximum absolute atomic E-state index is 11.5. The maximum Gasteiger partial charge on any atom is 0.222 e. The fourth-order valence-electron chi connectivity index (χ4n) is 3.33. The zero-order chi connectivity index (χ0) is 11.1. The van der Waals surface area contributed by atoms with Gasteiger partial charge < -0.3 is 4.90 Å². The molecule has 0 spiro atoms. The van der Waals surface area contributed by atoms with Crippen LogP contribution in [0.1, 0.15) is 32.1 Å². The first-order valence-corrected chi connectivity index (χ1v) is 6.29. The van der Waals surface area contributed by atoms with Crippen LogP contribution >= 0.6 is 0 Å². The maximum atomic E-state index is 11.5. The Kier molecular flexibility index (Phi) is 2.46. The van der Waals surface area contributed by atoms with E-state index in [4.69, 9.17) is 0 Å². The molecule has 3 rings (SSSR count). The van der Waals surface area contributed by atoms with Gasteiger partial charge in [-0.25, -0.2) is 0 Å². The minimum absolute atomic E-state index is 0.326. The molecule has 2 unspecified atom stereocenters. The molecule has 3 aliphatic rings. The minimum Gasteiger partial charge on any atom is -0.337 e. The van der Waals surface area contributed by atoms with Crippen LogP contribution in [0.25, 0.3) is 0 Å². The molecule has 88 valence electrons. The van der Waals surface area contributed by atoms with E-state index in [-0.39, 0.29) is 0 Å². The van der Waals surface area contributed by atoms with Gasteiger partial charge in [-0.05, 0) is 12.8 Å². The van der Waals surface area contributed by atoms with Crippen molar-refractivity contribution in [3.63, 3.8) is 0 Å². The van der Waals surface area contributed by atoms with E-state index in [9.17, 15) is 9.59 Å². The molecule has 0 aromatic heterocycles. The van der Waals surface area contributed by atoms with Gasteiger partial charge in [0.2, 0.25) is 5.91 Å². The van der Waals surface area contributed by atoms with Gasteiger partial charge in [0.15, 0.2) is 0 Å². The number of piperazine rings is 1. The monoisotopic (exact) mass is 222 g/mol. The topological polar surface area (TPSA) is 40.6 Å². The second-order valence-corrected chi connectivity index (χ2v) is 5.21. The first kappa shape index (κ1) is 10.3. The van der Waals surface area contributed by atoms with Gasteiger partial charge in [-0.15, -0.1) is 0 Å². The summed E-state index contributed by atoms with van der Waals surface area (Å²) in [6, 6.07) is 0.891. The fraction of sp³-hybridized carbons (Fsp3) is 0.833. The zero-order valence-electron chi connectivity index (χ0n) is 9.52. The summed E-state index contributed by atoms with van der Waals surface area (Å²) < 4.78 is 0. The van der Waals surface area contributed by atoms with Crippen LogP contribution < -0.4 is 0 Å². The third-order valence-electron chi connectivity index (χ3n) is 4.26. The lowest BCUT2D eigenvalue weighted by molar-refractivity contribution is -0.131. The van der Waals surface area contributed by atoms with E-state index >= 15 is 0 Å². The van der Waals surface area contributed by atoms with Gasteiger partial charge in [0, 0.05) is 51.0 Å². The van der Waals surface area contributed by atoms with Crippen molar-refractivity contribution >= 4 is 11.7 Å². The Morgan fingerprint density at radius 2 is 1.81 bits per heavy atom. The number of ketones is 1. The highest BCUT2D eigenvalue weighted by Gasteiger charge is 2.38. The molecule has 2 aliphatic heterocycles. The highest BCUT2D eigenvalue weighted by Crippen LogP contribution is 2.28. The average molecular weight is 222 g/mol. The van der Waals surface area contributed by atoms with E-state index in [0.717, 1.165) is 51.7 Å². The van der Waals surface area contributed by atoms with Gasteiger partial charge in [-0.2, -0.15) is 0 Å². The van der Waals surface area contributed by atoms with Crippen molar-refractivity contribution in [3.8, 4) is 0 Å². The number of hydrogen-bond donors (Lipinski definition) is 0. The predicted octanol–water partition coefficient (Wildman–Crippen LogP) is 0.415. The molecule has 16 heavy (non-hydrogen) atoms. The predicted molar refractivity (Wildman–Crippen MR) is 59.0 cm³/mol. The fourth-order valence-corrected chi connectivity index (χ4v) is 3.33. The molecule has 0 radical (unpaired) electrons. The summed E-state index contributed by atoms with van der Waals surface area (Å²) in [7, 11) is 0. The standard InChI is InChI=1S/C12H18N2O2/c15-11-3-1-9(7-11)13-5-6-14-10(8-13)2-4-12(14)16/h9-10H,1-8H2. The lowest BCUT2D eigenvalue weighted by Crippen LogP contribution is -2.54. The summed E-state index contributed by atoms with van der Waals surface area (Å²) in [6.45, 7) is 2.82. The van der Waals surface area contributed by atoms with E-state index in [0.29, 0.717) is 23.8 Å². The Labute approximate surface area is 95.6 Å². The van der Waals surface area contributed by atoms with Crippen molar-refractivity contribution in [2.75, 3.05) is 19.6 Å². The Hall–Kier alpha value is -0.900.